The van der Waals surface area contributed by atoms with Crippen LogP contribution in [-0.2, 0) is 20.5 Å². The van der Waals surface area contributed by atoms with Crippen LogP contribution in [0.15, 0.2) is 35.8 Å². The molecule has 0 bridgehead atoms. The predicted molar refractivity (Wildman–Crippen MR) is 103 cm³/mol. The van der Waals surface area contributed by atoms with Crippen molar-refractivity contribution in [3.8, 4) is 0 Å². The monoisotopic (exact) mass is 386 g/mol. The number of imide groups is 1. The van der Waals surface area contributed by atoms with Gasteiger partial charge >= 0.3 is 6.03 Å². The number of nitrogens with one attached hydrogen (secondary N) is 2. The quantitative estimate of drug-likeness (QED) is 0.791. The Morgan fingerprint density at radius 3 is 2.48 bits per heavy atom. The van der Waals surface area contributed by atoms with E-state index in [9.17, 15) is 14.4 Å². The van der Waals surface area contributed by atoms with Crippen molar-refractivity contribution in [3.63, 3.8) is 0 Å². The summed E-state index contributed by atoms with van der Waals surface area (Å²) in [4.78, 5) is 42.3. The zero-order valence-corrected chi connectivity index (χ0v) is 16.5. The third-order valence-electron chi connectivity index (χ3n) is 4.58. The van der Waals surface area contributed by atoms with E-state index in [1.165, 1.54) is 11.3 Å². The minimum Gasteiger partial charge on any atom is -0.319 e. The smallest absolute Gasteiger partial charge is 0.319 e. The molecule has 0 radical (unpaired) electrons. The fourth-order valence-corrected chi connectivity index (χ4v) is 3.47. The van der Waals surface area contributed by atoms with Gasteiger partial charge in [-0.3, -0.25) is 14.5 Å². The molecule has 0 aliphatic carbocycles. The number of urea groups is 1. The van der Waals surface area contributed by atoms with Gasteiger partial charge in [-0.1, -0.05) is 45.0 Å². The molecule has 1 atom stereocenters. The van der Waals surface area contributed by atoms with E-state index in [4.69, 9.17) is 0 Å². The zero-order chi connectivity index (χ0) is 19.8. The van der Waals surface area contributed by atoms with E-state index in [1.54, 1.807) is 18.5 Å². The largest absolute Gasteiger partial charge is 0.325 e. The maximum atomic E-state index is 12.9. The van der Waals surface area contributed by atoms with E-state index in [0.717, 1.165) is 10.5 Å². The van der Waals surface area contributed by atoms with Crippen LogP contribution in [-0.4, -0.2) is 34.3 Å². The number of carbonyl (C=O) groups is 3. The number of aromatic nitrogens is 1. The Labute approximate surface area is 161 Å². The van der Waals surface area contributed by atoms with Gasteiger partial charge < -0.3 is 10.6 Å². The normalized spacial score (nSPS) is 19.9. The summed E-state index contributed by atoms with van der Waals surface area (Å²) in [6, 6.07) is 7.02. The van der Waals surface area contributed by atoms with Crippen molar-refractivity contribution >= 4 is 34.3 Å². The first kappa shape index (κ1) is 19.0. The summed E-state index contributed by atoms with van der Waals surface area (Å²) in [7, 11) is 0. The summed E-state index contributed by atoms with van der Waals surface area (Å²) < 4.78 is 0. The summed E-state index contributed by atoms with van der Waals surface area (Å²) >= 11 is 1.26. The molecule has 0 spiro atoms. The summed E-state index contributed by atoms with van der Waals surface area (Å²) in [6.45, 7) is 7.61. The van der Waals surface area contributed by atoms with Crippen LogP contribution in [0.2, 0.25) is 0 Å². The van der Waals surface area contributed by atoms with Crippen LogP contribution in [0, 0.1) is 0 Å². The van der Waals surface area contributed by atoms with Gasteiger partial charge in [-0.2, -0.15) is 0 Å². The Kier molecular flexibility index (Phi) is 4.77. The summed E-state index contributed by atoms with van der Waals surface area (Å²) in [5, 5.41) is 7.44. The molecular weight excluding hydrogens is 364 g/mol. The van der Waals surface area contributed by atoms with Gasteiger partial charge in [0, 0.05) is 11.6 Å². The lowest BCUT2D eigenvalue weighted by molar-refractivity contribution is -0.133. The second-order valence-corrected chi connectivity index (χ2v) is 8.55. The summed E-state index contributed by atoms with van der Waals surface area (Å²) in [6.07, 6.45) is 1.56. The van der Waals surface area contributed by atoms with Crippen LogP contribution in [0.3, 0.4) is 0 Å². The second kappa shape index (κ2) is 6.77. The summed E-state index contributed by atoms with van der Waals surface area (Å²) in [5.41, 5.74) is 0.597. The number of thiazole rings is 1. The van der Waals surface area contributed by atoms with Crippen LogP contribution < -0.4 is 10.6 Å². The van der Waals surface area contributed by atoms with Gasteiger partial charge in [-0.25, -0.2) is 9.78 Å². The Balaban J connectivity index is 1.77. The fraction of sp³-hybridized carbons (Fsp3) is 0.368. The molecule has 1 aliphatic heterocycles. The number of hydrogen-bond acceptors (Lipinski definition) is 5. The highest BCUT2D eigenvalue weighted by Gasteiger charge is 2.49. The van der Waals surface area contributed by atoms with Crippen molar-refractivity contribution in [3.05, 3.63) is 47.0 Å². The van der Waals surface area contributed by atoms with Crippen molar-refractivity contribution < 1.29 is 14.4 Å². The lowest BCUT2D eigenvalue weighted by Gasteiger charge is -2.24. The standard InChI is InChI=1S/C19H22N4O3S/c1-18(2,3)12-5-7-13(8-6-12)19(4)15(25)23(17(26)22-19)11-14(24)21-16-20-9-10-27-16/h5-10H,11H2,1-4H3,(H,22,26)(H,20,21,24). The first-order valence-corrected chi connectivity index (χ1v) is 9.44. The number of amides is 4. The van der Waals surface area contributed by atoms with Crippen LogP contribution in [0.4, 0.5) is 9.93 Å². The molecule has 1 saturated heterocycles. The maximum Gasteiger partial charge on any atom is 0.325 e. The van der Waals surface area contributed by atoms with E-state index in [0.29, 0.717) is 10.7 Å². The molecular formula is C19H22N4O3S. The van der Waals surface area contributed by atoms with Crippen LogP contribution >= 0.6 is 11.3 Å². The highest BCUT2D eigenvalue weighted by atomic mass is 32.1. The maximum absolute atomic E-state index is 12.9. The molecule has 2 N–H and O–H groups in total. The van der Waals surface area contributed by atoms with E-state index >= 15 is 0 Å². The molecule has 1 aromatic heterocycles. The van der Waals surface area contributed by atoms with Gasteiger partial charge in [0.1, 0.15) is 12.1 Å². The molecule has 142 valence electrons. The Morgan fingerprint density at radius 2 is 1.93 bits per heavy atom. The van der Waals surface area contributed by atoms with Gasteiger partial charge in [0.2, 0.25) is 5.91 Å². The number of benzene rings is 1. The Bertz CT molecular complexity index is 871. The average Bonchev–Trinajstić information content (AvgIpc) is 3.17. The minimum atomic E-state index is -1.20. The fourth-order valence-electron chi connectivity index (χ4n) is 2.93. The van der Waals surface area contributed by atoms with E-state index < -0.39 is 23.4 Å². The van der Waals surface area contributed by atoms with Gasteiger partial charge in [-0.05, 0) is 23.5 Å². The molecule has 0 saturated carbocycles. The topological polar surface area (TPSA) is 91.4 Å². The molecule has 2 heterocycles. The lowest BCUT2D eigenvalue weighted by Crippen LogP contribution is -2.42. The number of anilines is 1. The molecule has 2 aromatic rings. The number of carbonyl (C=O) groups excluding carboxylic acids is 3. The lowest BCUT2D eigenvalue weighted by atomic mass is 9.84. The van der Waals surface area contributed by atoms with Crippen LogP contribution in [0.25, 0.3) is 0 Å². The SMILES string of the molecule is CC(C)(C)c1ccc(C2(C)NC(=O)N(CC(=O)Nc3nccs3)C2=O)cc1. The second-order valence-electron chi connectivity index (χ2n) is 7.66. The van der Waals surface area contributed by atoms with Crippen molar-refractivity contribution in [2.45, 2.75) is 38.6 Å². The molecule has 4 amide bonds. The number of hydrogen-bond donors (Lipinski definition) is 2. The van der Waals surface area contributed by atoms with E-state index in [1.807, 2.05) is 24.3 Å². The zero-order valence-electron chi connectivity index (χ0n) is 15.7. The van der Waals surface area contributed by atoms with Crippen LogP contribution in [0.1, 0.15) is 38.8 Å². The molecule has 1 unspecified atom stereocenters. The average molecular weight is 386 g/mol. The molecule has 7 nitrogen and oxygen atoms in total. The Morgan fingerprint density at radius 1 is 1.26 bits per heavy atom. The highest BCUT2D eigenvalue weighted by Crippen LogP contribution is 2.31. The van der Waals surface area contributed by atoms with Gasteiger partial charge in [-0.15, -0.1) is 11.3 Å². The molecule has 1 aromatic carbocycles. The highest BCUT2D eigenvalue weighted by molar-refractivity contribution is 7.13. The summed E-state index contributed by atoms with van der Waals surface area (Å²) in [5.74, 6) is -0.925. The van der Waals surface area contributed by atoms with E-state index in [-0.39, 0.29) is 12.0 Å². The molecule has 3 rings (SSSR count). The van der Waals surface area contributed by atoms with Crippen molar-refractivity contribution in [1.82, 2.24) is 15.2 Å². The van der Waals surface area contributed by atoms with Crippen molar-refractivity contribution in [1.29, 1.82) is 0 Å². The molecule has 1 fully saturated rings. The Hall–Kier alpha value is -2.74. The predicted octanol–water partition coefficient (Wildman–Crippen LogP) is 2.85. The third kappa shape index (κ3) is 3.71. The number of nitrogens with zero attached hydrogens (tertiary/aromatic N) is 2. The van der Waals surface area contributed by atoms with Gasteiger partial charge in [0.05, 0.1) is 0 Å². The number of rotatable bonds is 4. The van der Waals surface area contributed by atoms with Crippen LogP contribution in [0.5, 0.6) is 0 Å². The van der Waals surface area contributed by atoms with Gasteiger partial charge in [0.15, 0.2) is 5.13 Å². The molecule has 1 aliphatic rings. The first-order valence-electron chi connectivity index (χ1n) is 8.56. The van der Waals surface area contributed by atoms with E-state index in [2.05, 4.69) is 36.4 Å². The molecule has 8 heteroatoms. The minimum absolute atomic E-state index is 0.0116. The molecule has 27 heavy (non-hydrogen) atoms. The van der Waals surface area contributed by atoms with Crippen molar-refractivity contribution in [2.75, 3.05) is 11.9 Å². The van der Waals surface area contributed by atoms with Crippen molar-refractivity contribution in [2.24, 2.45) is 0 Å². The third-order valence-corrected chi connectivity index (χ3v) is 5.27. The first-order chi connectivity index (χ1) is 12.6. The van der Waals surface area contributed by atoms with Gasteiger partial charge in [0.25, 0.3) is 5.91 Å².